The number of thioether (sulfide) groups is 1. The Morgan fingerprint density at radius 3 is 2.60 bits per heavy atom. The number of hydrogen-bond donors (Lipinski definition) is 1. The summed E-state index contributed by atoms with van der Waals surface area (Å²) in [6, 6.07) is 18.8. The van der Waals surface area contributed by atoms with E-state index in [4.69, 9.17) is 0 Å². The largest absolute Gasteiger partial charge is 0.362 e. The average molecular weight is 346 g/mol. The molecule has 1 N–H and O–H groups in total. The van der Waals surface area contributed by atoms with Gasteiger partial charge in [-0.05, 0) is 54.2 Å². The second-order valence-corrected chi connectivity index (χ2v) is 6.30. The van der Waals surface area contributed by atoms with Crippen molar-refractivity contribution < 1.29 is 4.79 Å². The van der Waals surface area contributed by atoms with Crippen molar-refractivity contribution in [1.29, 1.82) is 0 Å². The number of hydrogen-bond acceptors (Lipinski definition) is 4. The van der Waals surface area contributed by atoms with Gasteiger partial charge in [0.1, 0.15) is 0 Å². The molecule has 1 aromatic carbocycles. The van der Waals surface area contributed by atoms with E-state index in [-0.39, 0.29) is 5.91 Å². The molecule has 4 rings (SSSR count). The summed E-state index contributed by atoms with van der Waals surface area (Å²) in [5.41, 5.74) is 1.66. The van der Waals surface area contributed by atoms with Crippen molar-refractivity contribution in [1.82, 2.24) is 9.97 Å². The number of para-hydroxylation sites is 1. The summed E-state index contributed by atoms with van der Waals surface area (Å²) in [5, 5.41) is 0.590. The van der Waals surface area contributed by atoms with E-state index in [1.165, 1.54) is 11.8 Å². The number of benzene rings is 1. The van der Waals surface area contributed by atoms with Crippen molar-refractivity contribution in [2.75, 3.05) is 4.90 Å². The van der Waals surface area contributed by atoms with Gasteiger partial charge in [0, 0.05) is 18.1 Å². The number of rotatable bonds is 3. The second kappa shape index (κ2) is 6.78. The summed E-state index contributed by atoms with van der Waals surface area (Å²) in [6.45, 7) is 0. The first kappa shape index (κ1) is 15.4. The molecule has 0 radical (unpaired) electrons. The Bertz CT molecular complexity index is 934. The highest BCUT2D eigenvalue weighted by atomic mass is 32.2. The summed E-state index contributed by atoms with van der Waals surface area (Å²) in [4.78, 5) is 27.1. The van der Waals surface area contributed by atoms with Crippen molar-refractivity contribution >= 4 is 40.4 Å². The summed E-state index contributed by atoms with van der Waals surface area (Å²) in [7, 11) is 0. The molecule has 1 fully saturated rings. The minimum Gasteiger partial charge on any atom is -0.362 e. The zero-order chi connectivity index (χ0) is 17.1. The van der Waals surface area contributed by atoms with Crippen LogP contribution in [0.1, 0.15) is 5.69 Å². The van der Waals surface area contributed by atoms with Crippen LogP contribution in [0.3, 0.4) is 0 Å². The fourth-order valence-corrected chi connectivity index (χ4v) is 3.43. The third-order valence-electron chi connectivity index (χ3n) is 3.59. The Labute approximate surface area is 149 Å². The molecule has 3 aromatic rings. The number of aromatic nitrogens is 2. The van der Waals surface area contributed by atoms with E-state index >= 15 is 0 Å². The van der Waals surface area contributed by atoms with E-state index in [0.29, 0.717) is 15.9 Å². The first-order chi connectivity index (χ1) is 12.3. The van der Waals surface area contributed by atoms with Gasteiger partial charge in [0.2, 0.25) is 0 Å². The predicted octanol–water partition coefficient (Wildman–Crippen LogP) is 4.22. The number of aliphatic imine (C=N–C) groups is 1. The first-order valence-electron chi connectivity index (χ1n) is 7.73. The molecule has 0 unspecified atom stereocenters. The number of pyridine rings is 1. The van der Waals surface area contributed by atoms with Gasteiger partial charge in [-0.1, -0.05) is 24.3 Å². The van der Waals surface area contributed by atoms with Gasteiger partial charge in [0.25, 0.3) is 5.91 Å². The topological polar surface area (TPSA) is 61.4 Å². The minimum atomic E-state index is -0.0968. The van der Waals surface area contributed by atoms with Gasteiger partial charge < -0.3 is 4.98 Å². The highest BCUT2D eigenvalue weighted by molar-refractivity contribution is 8.19. The molecule has 1 amide bonds. The maximum Gasteiger partial charge on any atom is 0.271 e. The van der Waals surface area contributed by atoms with Crippen LogP contribution in [-0.4, -0.2) is 21.0 Å². The standard InChI is InChI=1S/C19H14N4OS/c24-18-16(13-14-7-6-12-20-14)25-19(22-17-10-4-5-11-21-17)23(18)15-8-2-1-3-9-15/h1-13,20H/b16-13+,22-19+. The van der Waals surface area contributed by atoms with Gasteiger partial charge in [0.05, 0.1) is 10.6 Å². The van der Waals surface area contributed by atoms with Crippen molar-refractivity contribution in [3.8, 4) is 0 Å². The van der Waals surface area contributed by atoms with Crippen LogP contribution < -0.4 is 4.90 Å². The summed E-state index contributed by atoms with van der Waals surface area (Å²) >= 11 is 1.34. The number of aromatic amines is 1. The van der Waals surface area contributed by atoms with Gasteiger partial charge in [0.15, 0.2) is 11.0 Å². The van der Waals surface area contributed by atoms with Crippen LogP contribution in [0.15, 0.2) is 83.0 Å². The van der Waals surface area contributed by atoms with Crippen LogP contribution in [0.2, 0.25) is 0 Å². The fourth-order valence-electron chi connectivity index (χ4n) is 2.45. The molecule has 122 valence electrons. The van der Waals surface area contributed by atoms with Crippen LogP contribution in [-0.2, 0) is 4.79 Å². The summed E-state index contributed by atoms with van der Waals surface area (Å²) in [6.07, 6.45) is 5.35. The Hall–Kier alpha value is -3.12. The third kappa shape index (κ3) is 3.25. The molecule has 3 heterocycles. The molecule has 1 saturated heterocycles. The molecule has 0 saturated carbocycles. The molecule has 0 spiro atoms. The number of amidine groups is 1. The molecule has 0 bridgehead atoms. The number of nitrogens with one attached hydrogen (secondary N) is 1. The number of carbonyl (C=O) groups excluding carboxylic acids is 1. The fraction of sp³-hybridized carbons (Fsp3) is 0. The smallest absolute Gasteiger partial charge is 0.271 e. The van der Waals surface area contributed by atoms with Gasteiger partial charge in [-0.15, -0.1) is 0 Å². The third-order valence-corrected chi connectivity index (χ3v) is 4.56. The average Bonchev–Trinajstić information content (AvgIpc) is 3.26. The molecule has 0 atom stereocenters. The van der Waals surface area contributed by atoms with Crippen LogP contribution in [0, 0.1) is 0 Å². The van der Waals surface area contributed by atoms with Crippen LogP contribution in [0.25, 0.3) is 6.08 Å². The SMILES string of the molecule is O=C1/C(=C\c2ccc[nH]2)S/C(=N/c2ccccn2)N1c1ccccc1. The Balaban J connectivity index is 1.77. The Morgan fingerprint density at radius 1 is 1.04 bits per heavy atom. The quantitative estimate of drug-likeness (QED) is 0.722. The molecular weight excluding hydrogens is 332 g/mol. The van der Waals surface area contributed by atoms with Gasteiger partial charge >= 0.3 is 0 Å². The maximum absolute atomic E-state index is 13.0. The van der Waals surface area contributed by atoms with Crippen molar-refractivity contribution in [2.45, 2.75) is 0 Å². The van der Waals surface area contributed by atoms with Crippen molar-refractivity contribution in [3.63, 3.8) is 0 Å². The zero-order valence-corrected chi connectivity index (χ0v) is 14.0. The van der Waals surface area contributed by atoms with Gasteiger partial charge in [-0.25, -0.2) is 9.98 Å². The molecule has 25 heavy (non-hydrogen) atoms. The minimum absolute atomic E-state index is 0.0968. The summed E-state index contributed by atoms with van der Waals surface area (Å²) in [5.74, 6) is 0.473. The van der Waals surface area contributed by atoms with Crippen molar-refractivity contribution in [3.05, 3.63) is 83.7 Å². The highest BCUT2D eigenvalue weighted by Crippen LogP contribution is 2.36. The van der Waals surface area contributed by atoms with Gasteiger partial charge in [-0.2, -0.15) is 0 Å². The lowest BCUT2D eigenvalue weighted by molar-refractivity contribution is -0.113. The normalized spacial score (nSPS) is 17.6. The zero-order valence-electron chi connectivity index (χ0n) is 13.2. The molecule has 2 aromatic heterocycles. The highest BCUT2D eigenvalue weighted by Gasteiger charge is 2.34. The van der Waals surface area contributed by atoms with E-state index in [1.807, 2.05) is 72.9 Å². The Kier molecular flexibility index (Phi) is 4.18. The van der Waals surface area contributed by atoms with Gasteiger partial charge in [-0.3, -0.25) is 9.69 Å². The lowest BCUT2D eigenvalue weighted by Crippen LogP contribution is -2.28. The molecular formula is C19H14N4OS. The van der Waals surface area contributed by atoms with Crippen LogP contribution in [0.5, 0.6) is 0 Å². The number of carbonyl (C=O) groups is 1. The van der Waals surface area contributed by atoms with Crippen LogP contribution in [0.4, 0.5) is 11.5 Å². The van der Waals surface area contributed by atoms with E-state index in [9.17, 15) is 4.79 Å². The summed E-state index contributed by atoms with van der Waals surface area (Å²) < 4.78 is 0. The Morgan fingerprint density at radius 2 is 1.88 bits per heavy atom. The lowest BCUT2D eigenvalue weighted by Gasteiger charge is -2.15. The molecule has 0 aliphatic carbocycles. The molecule has 1 aliphatic rings. The predicted molar refractivity (Wildman–Crippen MR) is 102 cm³/mol. The van der Waals surface area contributed by atoms with Crippen molar-refractivity contribution in [2.24, 2.45) is 4.99 Å². The van der Waals surface area contributed by atoms with E-state index in [0.717, 1.165) is 11.4 Å². The number of amides is 1. The number of nitrogens with zero attached hydrogens (tertiary/aromatic N) is 3. The van der Waals surface area contributed by atoms with E-state index < -0.39 is 0 Å². The molecule has 1 aliphatic heterocycles. The number of H-pyrrole nitrogens is 1. The first-order valence-corrected chi connectivity index (χ1v) is 8.55. The number of anilines is 1. The lowest BCUT2D eigenvalue weighted by atomic mass is 10.3. The molecule has 6 heteroatoms. The van der Waals surface area contributed by atoms with E-state index in [1.54, 1.807) is 11.1 Å². The van der Waals surface area contributed by atoms with Crippen LogP contribution >= 0.6 is 11.8 Å². The molecule has 5 nitrogen and oxygen atoms in total. The second-order valence-electron chi connectivity index (χ2n) is 5.29. The monoisotopic (exact) mass is 346 g/mol. The maximum atomic E-state index is 13.0. The van der Waals surface area contributed by atoms with E-state index in [2.05, 4.69) is 15.0 Å².